The predicted octanol–water partition coefficient (Wildman–Crippen LogP) is 3.12. The molecular formula is C12H12BrClN4O2. The number of nitrogens with two attached hydrogens (primary N) is 1. The molecule has 0 aliphatic rings. The molecule has 0 radical (unpaired) electrons. The summed E-state index contributed by atoms with van der Waals surface area (Å²) < 4.78 is 11.4. The summed E-state index contributed by atoms with van der Waals surface area (Å²) >= 11 is 9.25. The fraction of sp³-hybridized carbons (Fsp3) is 0.167. The normalized spacial score (nSPS) is 10.4. The molecule has 8 heteroatoms. The molecule has 0 amide bonds. The number of nitrogen functional groups attached to an aromatic ring is 1. The van der Waals surface area contributed by atoms with Crippen LogP contribution < -0.4 is 16.0 Å². The molecule has 3 N–H and O–H groups in total. The zero-order valence-corrected chi connectivity index (χ0v) is 12.9. The summed E-state index contributed by atoms with van der Waals surface area (Å²) in [5.74, 6) is 7.19. The highest BCUT2D eigenvalue weighted by Gasteiger charge is 2.08. The first-order valence-corrected chi connectivity index (χ1v) is 6.76. The van der Waals surface area contributed by atoms with Crippen LogP contribution >= 0.6 is 27.5 Å². The second-order valence-corrected chi connectivity index (χ2v) is 5.05. The summed E-state index contributed by atoms with van der Waals surface area (Å²) in [5, 5.41) is 0.608. The Labute approximate surface area is 129 Å². The van der Waals surface area contributed by atoms with E-state index in [4.69, 9.17) is 26.9 Å². The van der Waals surface area contributed by atoms with Gasteiger partial charge in [-0.1, -0.05) is 11.6 Å². The first kappa shape index (κ1) is 15.0. The lowest BCUT2D eigenvalue weighted by Crippen LogP contribution is -2.11. The van der Waals surface area contributed by atoms with Gasteiger partial charge in [-0.15, -0.1) is 0 Å². The van der Waals surface area contributed by atoms with Crippen molar-refractivity contribution in [2.45, 2.75) is 6.61 Å². The number of hydrogen-bond acceptors (Lipinski definition) is 6. The van der Waals surface area contributed by atoms with Gasteiger partial charge in [0.15, 0.2) is 5.82 Å². The van der Waals surface area contributed by atoms with Crippen LogP contribution in [-0.2, 0) is 11.3 Å². The van der Waals surface area contributed by atoms with E-state index in [9.17, 15) is 0 Å². The molecule has 2 aromatic rings. The van der Waals surface area contributed by atoms with Crippen LogP contribution in [0.15, 0.2) is 28.7 Å². The fourth-order valence-electron chi connectivity index (χ4n) is 1.46. The van der Waals surface area contributed by atoms with Crippen molar-refractivity contribution in [1.82, 2.24) is 9.97 Å². The molecule has 2 rings (SSSR count). The maximum atomic E-state index is 5.88. The molecule has 0 aliphatic heterocycles. The first-order chi connectivity index (χ1) is 9.62. The second kappa shape index (κ2) is 6.85. The van der Waals surface area contributed by atoms with Gasteiger partial charge in [-0.25, -0.2) is 10.8 Å². The Morgan fingerprint density at radius 1 is 1.35 bits per heavy atom. The molecule has 0 aliphatic carbocycles. The van der Waals surface area contributed by atoms with E-state index in [-0.39, 0.29) is 6.61 Å². The van der Waals surface area contributed by atoms with Crippen molar-refractivity contribution >= 4 is 33.3 Å². The monoisotopic (exact) mass is 358 g/mol. The van der Waals surface area contributed by atoms with Gasteiger partial charge in [-0.2, -0.15) is 4.98 Å². The van der Waals surface area contributed by atoms with Crippen molar-refractivity contribution in [3.63, 3.8) is 0 Å². The number of halogens is 2. The number of nitrogens with one attached hydrogen (secondary N) is 1. The third kappa shape index (κ3) is 3.80. The summed E-state index contributed by atoms with van der Waals surface area (Å²) in [6.45, 7) is 0.258. The van der Waals surface area contributed by atoms with Crippen LogP contribution in [0.3, 0.4) is 0 Å². The molecule has 0 saturated heterocycles. The molecule has 0 spiro atoms. The van der Waals surface area contributed by atoms with Gasteiger partial charge in [-0.05, 0) is 34.1 Å². The number of aromatic nitrogens is 2. The summed E-state index contributed by atoms with van der Waals surface area (Å²) in [6, 6.07) is 6.78. The quantitative estimate of drug-likeness (QED) is 0.630. The molecule has 0 saturated carbocycles. The van der Waals surface area contributed by atoms with E-state index in [2.05, 4.69) is 31.3 Å². The van der Waals surface area contributed by atoms with Crippen molar-refractivity contribution in [2.75, 3.05) is 12.5 Å². The van der Waals surface area contributed by atoms with E-state index in [1.807, 2.05) is 0 Å². The third-order valence-electron chi connectivity index (χ3n) is 2.28. The van der Waals surface area contributed by atoms with E-state index in [0.29, 0.717) is 28.3 Å². The number of methoxy groups -OCH3 is 1. The standard InChI is InChI=1S/C12H12BrClN4O2/c1-19-6-11-16-10(18-15)5-12(17-11)20-9-3-2-7(14)4-8(9)13/h2-5H,6,15H2,1H3,(H,16,17,18). The van der Waals surface area contributed by atoms with Crippen LogP contribution in [0.2, 0.25) is 5.02 Å². The SMILES string of the molecule is COCc1nc(NN)cc(Oc2ccc(Cl)cc2Br)n1. The lowest BCUT2D eigenvalue weighted by Gasteiger charge is -2.10. The van der Waals surface area contributed by atoms with Crippen LogP contribution in [0.1, 0.15) is 5.82 Å². The Balaban J connectivity index is 2.29. The van der Waals surface area contributed by atoms with Crippen LogP contribution in [0.5, 0.6) is 11.6 Å². The molecule has 0 fully saturated rings. The topological polar surface area (TPSA) is 82.3 Å². The highest BCUT2D eigenvalue weighted by atomic mass is 79.9. The Kier molecular flexibility index (Phi) is 5.13. The van der Waals surface area contributed by atoms with Crippen LogP contribution in [0, 0.1) is 0 Å². The molecule has 106 valence electrons. The van der Waals surface area contributed by atoms with Gasteiger partial charge in [0.2, 0.25) is 5.88 Å². The van der Waals surface area contributed by atoms with Gasteiger partial charge in [0, 0.05) is 18.2 Å². The van der Waals surface area contributed by atoms with Crippen molar-refractivity contribution < 1.29 is 9.47 Å². The van der Waals surface area contributed by atoms with Gasteiger partial charge >= 0.3 is 0 Å². The maximum absolute atomic E-state index is 5.88. The maximum Gasteiger partial charge on any atom is 0.224 e. The zero-order valence-electron chi connectivity index (χ0n) is 10.6. The van der Waals surface area contributed by atoms with Crippen LogP contribution in [0.4, 0.5) is 5.82 Å². The van der Waals surface area contributed by atoms with Gasteiger partial charge in [0.1, 0.15) is 18.2 Å². The number of benzene rings is 1. The van der Waals surface area contributed by atoms with Gasteiger partial charge in [0.25, 0.3) is 0 Å². The second-order valence-electron chi connectivity index (χ2n) is 3.76. The first-order valence-electron chi connectivity index (χ1n) is 5.59. The minimum Gasteiger partial charge on any atom is -0.438 e. The van der Waals surface area contributed by atoms with E-state index in [0.717, 1.165) is 4.47 Å². The minimum atomic E-state index is 0.258. The summed E-state index contributed by atoms with van der Waals surface area (Å²) in [6.07, 6.45) is 0. The molecule has 0 bridgehead atoms. The highest BCUT2D eigenvalue weighted by Crippen LogP contribution is 2.31. The van der Waals surface area contributed by atoms with Crippen molar-refractivity contribution in [3.8, 4) is 11.6 Å². The minimum absolute atomic E-state index is 0.258. The number of hydrazine groups is 1. The number of rotatable bonds is 5. The van der Waals surface area contributed by atoms with Gasteiger partial charge in [-0.3, -0.25) is 0 Å². The smallest absolute Gasteiger partial charge is 0.224 e. The summed E-state index contributed by atoms with van der Waals surface area (Å²) in [5.41, 5.74) is 2.46. The lowest BCUT2D eigenvalue weighted by molar-refractivity contribution is 0.177. The molecule has 1 heterocycles. The number of anilines is 1. The van der Waals surface area contributed by atoms with E-state index >= 15 is 0 Å². The van der Waals surface area contributed by atoms with Crippen molar-refractivity contribution in [1.29, 1.82) is 0 Å². The molecule has 0 unspecified atom stereocenters. The molecule has 1 aromatic carbocycles. The molecule has 6 nitrogen and oxygen atoms in total. The highest BCUT2D eigenvalue weighted by molar-refractivity contribution is 9.10. The summed E-state index contributed by atoms with van der Waals surface area (Å²) in [4.78, 5) is 8.36. The molecule has 0 atom stereocenters. The third-order valence-corrected chi connectivity index (χ3v) is 3.13. The van der Waals surface area contributed by atoms with E-state index in [1.165, 1.54) is 0 Å². The van der Waals surface area contributed by atoms with Gasteiger partial charge < -0.3 is 14.9 Å². The Hall–Kier alpha value is -1.41. The fourth-order valence-corrected chi connectivity index (χ4v) is 2.23. The van der Waals surface area contributed by atoms with Gasteiger partial charge in [0.05, 0.1) is 4.47 Å². The Morgan fingerprint density at radius 3 is 2.80 bits per heavy atom. The van der Waals surface area contributed by atoms with Crippen LogP contribution in [-0.4, -0.2) is 17.1 Å². The zero-order chi connectivity index (χ0) is 14.5. The van der Waals surface area contributed by atoms with E-state index in [1.54, 1.807) is 31.4 Å². The van der Waals surface area contributed by atoms with Crippen molar-refractivity contribution in [3.05, 3.63) is 39.6 Å². The molecule has 20 heavy (non-hydrogen) atoms. The number of hydrogen-bond donors (Lipinski definition) is 2. The Bertz CT molecular complexity index is 612. The lowest BCUT2D eigenvalue weighted by atomic mass is 10.3. The molecular weight excluding hydrogens is 348 g/mol. The van der Waals surface area contributed by atoms with Crippen molar-refractivity contribution in [2.24, 2.45) is 5.84 Å². The van der Waals surface area contributed by atoms with E-state index < -0.39 is 0 Å². The number of nitrogens with zero attached hydrogens (tertiary/aromatic N) is 2. The van der Waals surface area contributed by atoms with Crippen LogP contribution in [0.25, 0.3) is 0 Å². The molecule has 1 aromatic heterocycles. The summed E-state index contributed by atoms with van der Waals surface area (Å²) in [7, 11) is 1.56. The average Bonchev–Trinajstić information content (AvgIpc) is 2.42. The average molecular weight is 360 g/mol. The largest absolute Gasteiger partial charge is 0.438 e. The Morgan fingerprint density at radius 2 is 2.15 bits per heavy atom. The predicted molar refractivity (Wildman–Crippen MR) is 79.8 cm³/mol. The number of ether oxygens (including phenoxy) is 2.